The van der Waals surface area contributed by atoms with Crippen LogP contribution in [0.1, 0.15) is 61.4 Å². The number of nitrogens with one attached hydrogen (secondary N) is 2. The van der Waals surface area contributed by atoms with E-state index in [1.165, 1.54) is 11.1 Å². The van der Waals surface area contributed by atoms with Crippen molar-refractivity contribution in [2.75, 3.05) is 6.61 Å². The van der Waals surface area contributed by atoms with E-state index in [-0.39, 0.29) is 12.6 Å². The van der Waals surface area contributed by atoms with Crippen LogP contribution >= 0.6 is 0 Å². The van der Waals surface area contributed by atoms with Crippen molar-refractivity contribution in [2.45, 2.75) is 59.6 Å². The summed E-state index contributed by atoms with van der Waals surface area (Å²) in [6, 6.07) is 12.9. The molecule has 0 aromatic heterocycles. The first kappa shape index (κ1) is 23.4. The van der Waals surface area contributed by atoms with E-state index in [0.29, 0.717) is 30.0 Å². The van der Waals surface area contributed by atoms with Crippen LogP contribution in [0.2, 0.25) is 0 Å². The number of benzene rings is 2. The van der Waals surface area contributed by atoms with Crippen molar-refractivity contribution in [3.63, 3.8) is 0 Å². The Bertz CT molecular complexity index is 1010. The van der Waals surface area contributed by atoms with Crippen molar-refractivity contribution in [3.8, 4) is 5.75 Å². The molecule has 0 saturated heterocycles. The maximum absolute atomic E-state index is 12.8. The highest BCUT2D eigenvalue weighted by Gasteiger charge is 2.33. The summed E-state index contributed by atoms with van der Waals surface area (Å²) in [6.07, 6.45) is 2.43. The van der Waals surface area contributed by atoms with Gasteiger partial charge in [0.2, 0.25) is 0 Å². The van der Waals surface area contributed by atoms with Crippen molar-refractivity contribution in [1.29, 1.82) is 0 Å². The van der Waals surface area contributed by atoms with Crippen molar-refractivity contribution >= 4 is 12.0 Å². The van der Waals surface area contributed by atoms with E-state index >= 15 is 0 Å². The van der Waals surface area contributed by atoms with Crippen LogP contribution in [0.15, 0.2) is 53.7 Å². The minimum absolute atomic E-state index is 0.267. The van der Waals surface area contributed by atoms with Crippen molar-refractivity contribution in [2.24, 2.45) is 0 Å². The van der Waals surface area contributed by atoms with Crippen LogP contribution in [-0.4, -0.2) is 18.6 Å². The second kappa shape index (κ2) is 10.8. The maximum atomic E-state index is 12.8. The predicted molar refractivity (Wildman–Crippen MR) is 124 cm³/mol. The van der Waals surface area contributed by atoms with Gasteiger partial charge in [-0.15, -0.1) is 0 Å². The molecule has 1 unspecified atom stereocenters. The molecule has 6 nitrogen and oxygen atoms in total. The first-order chi connectivity index (χ1) is 15.4. The molecule has 32 heavy (non-hydrogen) atoms. The Labute approximate surface area is 190 Å². The number of unbranched alkanes of at least 4 members (excludes halogenated alkanes) is 1. The minimum Gasteiger partial charge on any atom is -0.489 e. The summed E-state index contributed by atoms with van der Waals surface area (Å²) in [5.74, 6) is 0.257. The molecular weight excluding hydrogens is 404 g/mol. The number of rotatable bonds is 9. The highest BCUT2D eigenvalue weighted by molar-refractivity contribution is 5.95. The van der Waals surface area contributed by atoms with Gasteiger partial charge in [0.1, 0.15) is 12.4 Å². The van der Waals surface area contributed by atoms with Crippen LogP contribution < -0.4 is 15.4 Å². The standard InChI is InChI=1S/C26H32N2O4/c1-5-7-11-22-23(25(29)31-6-2)24(28-26(30)27-22)19-9-8-10-21(15-19)32-16-20-14-17(3)12-13-18(20)4/h8-10,12-15,24H,5-7,11,16H2,1-4H3,(H2,27,28,30). The third-order valence-electron chi connectivity index (χ3n) is 5.52. The number of carbonyl (C=O) groups excluding carboxylic acids is 2. The lowest BCUT2D eigenvalue weighted by atomic mass is 9.93. The summed E-state index contributed by atoms with van der Waals surface area (Å²) in [4.78, 5) is 25.2. The Balaban J connectivity index is 1.89. The van der Waals surface area contributed by atoms with Crippen molar-refractivity contribution < 1.29 is 19.1 Å². The molecule has 2 N–H and O–H groups in total. The van der Waals surface area contributed by atoms with E-state index in [1.54, 1.807) is 6.92 Å². The molecule has 170 valence electrons. The number of hydrogen-bond acceptors (Lipinski definition) is 4. The Morgan fingerprint density at radius 3 is 2.66 bits per heavy atom. The number of ether oxygens (including phenoxy) is 2. The van der Waals surface area contributed by atoms with E-state index in [1.807, 2.05) is 24.3 Å². The van der Waals surface area contributed by atoms with Crippen LogP contribution in [-0.2, 0) is 16.1 Å². The zero-order valence-corrected chi connectivity index (χ0v) is 19.3. The van der Waals surface area contributed by atoms with Crippen LogP contribution in [0.5, 0.6) is 5.75 Å². The predicted octanol–water partition coefficient (Wildman–Crippen LogP) is 5.24. The number of hydrogen-bond donors (Lipinski definition) is 2. The van der Waals surface area contributed by atoms with E-state index in [0.717, 1.165) is 24.0 Å². The molecule has 6 heteroatoms. The SMILES string of the molecule is CCCCC1=C(C(=O)OCC)C(c2cccc(OCc3cc(C)ccc3C)c2)NC(=O)N1. The quantitative estimate of drug-likeness (QED) is 0.527. The summed E-state index contributed by atoms with van der Waals surface area (Å²) < 4.78 is 11.4. The Hall–Kier alpha value is -3.28. The molecule has 0 saturated carbocycles. The normalized spacial score (nSPS) is 15.8. The maximum Gasteiger partial charge on any atom is 0.338 e. The summed E-state index contributed by atoms with van der Waals surface area (Å²) in [5, 5.41) is 5.69. The average molecular weight is 437 g/mol. The monoisotopic (exact) mass is 436 g/mol. The molecule has 0 aliphatic carbocycles. The molecule has 0 bridgehead atoms. The largest absolute Gasteiger partial charge is 0.489 e. The van der Waals surface area contributed by atoms with Gasteiger partial charge in [-0.1, -0.05) is 49.2 Å². The van der Waals surface area contributed by atoms with Crippen molar-refractivity contribution in [1.82, 2.24) is 10.6 Å². The number of esters is 1. The molecule has 0 spiro atoms. The van der Waals surface area contributed by atoms with Gasteiger partial charge in [-0.25, -0.2) is 9.59 Å². The van der Waals surface area contributed by atoms with E-state index in [4.69, 9.17) is 9.47 Å². The topological polar surface area (TPSA) is 76.7 Å². The van der Waals surface area contributed by atoms with Crippen LogP contribution in [0, 0.1) is 13.8 Å². The lowest BCUT2D eigenvalue weighted by molar-refractivity contribution is -0.139. The minimum atomic E-state index is -0.598. The molecule has 1 aliphatic heterocycles. The number of amides is 2. The Morgan fingerprint density at radius 2 is 1.91 bits per heavy atom. The van der Waals surface area contributed by atoms with E-state index < -0.39 is 12.0 Å². The fraction of sp³-hybridized carbons (Fsp3) is 0.385. The fourth-order valence-corrected chi connectivity index (χ4v) is 3.77. The summed E-state index contributed by atoms with van der Waals surface area (Å²) in [7, 11) is 0. The van der Waals surface area contributed by atoms with E-state index in [2.05, 4.69) is 49.6 Å². The third-order valence-corrected chi connectivity index (χ3v) is 5.52. The molecular formula is C26H32N2O4. The molecule has 2 aromatic rings. The number of carbonyl (C=O) groups is 2. The first-order valence-corrected chi connectivity index (χ1v) is 11.2. The smallest absolute Gasteiger partial charge is 0.338 e. The zero-order valence-electron chi connectivity index (χ0n) is 19.3. The third kappa shape index (κ3) is 5.69. The lowest BCUT2D eigenvalue weighted by Gasteiger charge is -2.29. The highest BCUT2D eigenvalue weighted by atomic mass is 16.5. The molecule has 0 fully saturated rings. The molecule has 3 rings (SSSR count). The molecule has 0 radical (unpaired) electrons. The Kier molecular flexibility index (Phi) is 7.92. The van der Waals surface area contributed by atoms with Gasteiger partial charge in [-0.3, -0.25) is 0 Å². The summed E-state index contributed by atoms with van der Waals surface area (Å²) in [5.41, 5.74) is 5.33. The average Bonchev–Trinajstić information content (AvgIpc) is 2.78. The van der Waals surface area contributed by atoms with Gasteiger partial charge in [0.05, 0.1) is 18.2 Å². The second-order valence-electron chi connectivity index (χ2n) is 8.04. The number of aryl methyl sites for hydroxylation is 2. The summed E-state index contributed by atoms with van der Waals surface area (Å²) >= 11 is 0. The number of allylic oxidation sites excluding steroid dienone is 1. The van der Waals surface area contributed by atoms with Crippen LogP contribution in [0.3, 0.4) is 0 Å². The van der Waals surface area contributed by atoms with Gasteiger partial charge in [-0.2, -0.15) is 0 Å². The number of urea groups is 1. The second-order valence-corrected chi connectivity index (χ2v) is 8.04. The van der Waals surface area contributed by atoms with E-state index in [9.17, 15) is 9.59 Å². The highest BCUT2D eigenvalue weighted by Crippen LogP contribution is 2.31. The van der Waals surface area contributed by atoms with Gasteiger partial charge in [0.15, 0.2) is 0 Å². The molecule has 2 amide bonds. The molecule has 1 aliphatic rings. The van der Waals surface area contributed by atoms with Gasteiger partial charge in [-0.05, 0) is 62.4 Å². The lowest BCUT2D eigenvalue weighted by Crippen LogP contribution is -2.46. The van der Waals surface area contributed by atoms with Gasteiger partial charge in [0, 0.05) is 5.70 Å². The van der Waals surface area contributed by atoms with Crippen molar-refractivity contribution in [3.05, 3.63) is 76.0 Å². The first-order valence-electron chi connectivity index (χ1n) is 11.2. The summed E-state index contributed by atoms with van der Waals surface area (Å²) in [6.45, 7) is 8.68. The molecule has 1 heterocycles. The zero-order chi connectivity index (χ0) is 23.1. The molecule has 2 aromatic carbocycles. The molecule has 1 atom stereocenters. The van der Waals surface area contributed by atoms with Gasteiger partial charge in [0.25, 0.3) is 0 Å². The van der Waals surface area contributed by atoms with Gasteiger partial charge >= 0.3 is 12.0 Å². The van der Waals surface area contributed by atoms with Crippen LogP contribution in [0.4, 0.5) is 4.79 Å². The Morgan fingerprint density at radius 1 is 1.09 bits per heavy atom. The van der Waals surface area contributed by atoms with Crippen LogP contribution in [0.25, 0.3) is 0 Å². The van der Waals surface area contributed by atoms with Gasteiger partial charge < -0.3 is 20.1 Å². The fourth-order valence-electron chi connectivity index (χ4n) is 3.77.